The Balaban J connectivity index is 2.02. The zero-order valence-corrected chi connectivity index (χ0v) is 9.63. The van der Waals surface area contributed by atoms with Crippen LogP contribution in [0.15, 0.2) is 24.5 Å². The summed E-state index contributed by atoms with van der Waals surface area (Å²) in [6, 6.07) is 6.64. The summed E-state index contributed by atoms with van der Waals surface area (Å²) in [5.41, 5.74) is 6.33. The summed E-state index contributed by atoms with van der Waals surface area (Å²) in [7, 11) is 0. The molecular weight excluding hydrogens is 220 g/mol. The van der Waals surface area contributed by atoms with Crippen molar-refractivity contribution < 1.29 is 0 Å². The number of nitrogens with zero attached hydrogens (tertiary/aromatic N) is 2. The zero-order chi connectivity index (χ0) is 11.2. The molecule has 0 amide bonds. The first-order valence-corrected chi connectivity index (χ1v) is 5.94. The molecule has 2 aromatic rings. The topological polar surface area (TPSA) is 63.8 Å². The number of pyridine rings is 1. The highest BCUT2D eigenvalue weighted by Crippen LogP contribution is 2.26. The van der Waals surface area contributed by atoms with Gasteiger partial charge in [-0.3, -0.25) is 4.98 Å². The molecule has 0 bridgehead atoms. The molecule has 5 heteroatoms. The SMILES string of the molecule is NCCCNc1ncc(-c2c[c]ccn2)s1. The fourth-order valence-corrected chi connectivity index (χ4v) is 2.04. The third-order valence-electron chi connectivity index (χ3n) is 2.02. The minimum absolute atomic E-state index is 0.695. The number of nitrogens with two attached hydrogens (primary N) is 1. The number of aromatic nitrogens is 2. The quantitative estimate of drug-likeness (QED) is 0.772. The molecule has 0 saturated heterocycles. The van der Waals surface area contributed by atoms with Crippen LogP contribution in [0.4, 0.5) is 5.13 Å². The molecule has 0 aliphatic carbocycles. The lowest BCUT2D eigenvalue weighted by Crippen LogP contribution is -2.07. The van der Waals surface area contributed by atoms with E-state index in [-0.39, 0.29) is 0 Å². The summed E-state index contributed by atoms with van der Waals surface area (Å²) >= 11 is 1.59. The van der Waals surface area contributed by atoms with Gasteiger partial charge in [0.15, 0.2) is 5.13 Å². The molecule has 0 unspecified atom stereocenters. The largest absolute Gasteiger partial charge is 0.361 e. The van der Waals surface area contributed by atoms with Crippen molar-refractivity contribution in [2.24, 2.45) is 5.73 Å². The second-order valence-corrected chi connectivity index (χ2v) is 4.27. The summed E-state index contributed by atoms with van der Waals surface area (Å²) in [6.07, 6.45) is 4.51. The smallest absolute Gasteiger partial charge is 0.183 e. The van der Waals surface area contributed by atoms with Gasteiger partial charge in [0.25, 0.3) is 0 Å². The molecule has 0 aromatic carbocycles. The Morgan fingerprint density at radius 1 is 1.44 bits per heavy atom. The Hall–Kier alpha value is -1.46. The molecule has 4 nitrogen and oxygen atoms in total. The molecule has 16 heavy (non-hydrogen) atoms. The van der Waals surface area contributed by atoms with Gasteiger partial charge in [-0.1, -0.05) is 11.3 Å². The van der Waals surface area contributed by atoms with E-state index in [9.17, 15) is 0 Å². The van der Waals surface area contributed by atoms with Crippen molar-refractivity contribution in [3.8, 4) is 10.6 Å². The maximum absolute atomic E-state index is 5.42. The Labute approximate surface area is 98.6 Å². The van der Waals surface area contributed by atoms with Crippen molar-refractivity contribution in [3.63, 3.8) is 0 Å². The van der Waals surface area contributed by atoms with Crippen molar-refractivity contribution in [2.45, 2.75) is 6.42 Å². The molecule has 0 aliphatic heterocycles. The Morgan fingerprint density at radius 2 is 2.38 bits per heavy atom. The van der Waals surface area contributed by atoms with Gasteiger partial charge in [-0.05, 0) is 31.2 Å². The summed E-state index contributed by atoms with van der Waals surface area (Å²) in [5, 5.41) is 4.14. The highest BCUT2D eigenvalue weighted by Gasteiger charge is 2.04. The highest BCUT2D eigenvalue weighted by molar-refractivity contribution is 7.18. The van der Waals surface area contributed by atoms with E-state index in [0.29, 0.717) is 6.54 Å². The second kappa shape index (κ2) is 5.58. The molecule has 3 N–H and O–H groups in total. The number of hydrogen-bond donors (Lipinski definition) is 2. The van der Waals surface area contributed by atoms with Crippen LogP contribution in [-0.4, -0.2) is 23.1 Å². The van der Waals surface area contributed by atoms with Gasteiger partial charge in [0.05, 0.1) is 10.6 Å². The van der Waals surface area contributed by atoms with E-state index in [0.717, 1.165) is 28.7 Å². The zero-order valence-electron chi connectivity index (χ0n) is 8.81. The first-order valence-electron chi connectivity index (χ1n) is 5.12. The van der Waals surface area contributed by atoms with Gasteiger partial charge < -0.3 is 11.1 Å². The number of nitrogens with one attached hydrogen (secondary N) is 1. The Bertz CT molecular complexity index is 427. The van der Waals surface area contributed by atoms with Crippen LogP contribution in [0.25, 0.3) is 10.6 Å². The average molecular weight is 233 g/mol. The van der Waals surface area contributed by atoms with Gasteiger partial charge in [-0.15, -0.1) is 0 Å². The molecule has 0 aliphatic rings. The fourth-order valence-electron chi connectivity index (χ4n) is 1.23. The third-order valence-corrected chi connectivity index (χ3v) is 3.00. The van der Waals surface area contributed by atoms with Crippen LogP contribution in [-0.2, 0) is 0 Å². The molecule has 1 radical (unpaired) electrons. The lowest BCUT2D eigenvalue weighted by Gasteiger charge is -1.98. The molecule has 2 rings (SSSR count). The van der Waals surface area contributed by atoms with Crippen LogP contribution in [0.2, 0.25) is 0 Å². The van der Waals surface area contributed by atoms with E-state index in [1.807, 2.05) is 12.3 Å². The molecule has 2 aromatic heterocycles. The monoisotopic (exact) mass is 233 g/mol. The fraction of sp³-hybridized carbons (Fsp3) is 0.273. The summed E-state index contributed by atoms with van der Waals surface area (Å²) in [4.78, 5) is 9.58. The minimum Gasteiger partial charge on any atom is -0.361 e. The second-order valence-electron chi connectivity index (χ2n) is 3.24. The van der Waals surface area contributed by atoms with E-state index < -0.39 is 0 Å². The molecule has 2 heterocycles. The predicted octanol–water partition coefficient (Wildman–Crippen LogP) is 1.77. The minimum atomic E-state index is 0.695. The molecule has 0 spiro atoms. The molecule has 83 valence electrons. The first kappa shape index (κ1) is 11.0. The van der Waals surface area contributed by atoms with Crippen molar-refractivity contribution in [1.29, 1.82) is 0 Å². The van der Waals surface area contributed by atoms with Crippen LogP contribution in [0.3, 0.4) is 0 Å². The van der Waals surface area contributed by atoms with Crippen LogP contribution < -0.4 is 11.1 Å². The number of rotatable bonds is 5. The van der Waals surface area contributed by atoms with Gasteiger partial charge in [0.2, 0.25) is 0 Å². The van der Waals surface area contributed by atoms with Crippen LogP contribution in [0.5, 0.6) is 0 Å². The third kappa shape index (κ3) is 2.77. The molecule has 0 saturated carbocycles. The van der Waals surface area contributed by atoms with Gasteiger partial charge in [0, 0.05) is 18.9 Å². The number of hydrogen-bond acceptors (Lipinski definition) is 5. The number of thiazole rings is 1. The van der Waals surface area contributed by atoms with Gasteiger partial charge in [-0.25, -0.2) is 4.98 Å². The van der Waals surface area contributed by atoms with E-state index in [1.54, 1.807) is 23.6 Å². The maximum Gasteiger partial charge on any atom is 0.183 e. The molecule has 0 fully saturated rings. The van der Waals surface area contributed by atoms with E-state index in [4.69, 9.17) is 5.73 Å². The Kier molecular flexibility index (Phi) is 3.85. The van der Waals surface area contributed by atoms with Crippen LogP contribution in [0.1, 0.15) is 6.42 Å². The first-order chi connectivity index (χ1) is 7.90. The van der Waals surface area contributed by atoms with Crippen molar-refractivity contribution in [3.05, 3.63) is 30.6 Å². The maximum atomic E-state index is 5.42. The van der Waals surface area contributed by atoms with Crippen molar-refractivity contribution in [2.75, 3.05) is 18.4 Å². The van der Waals surface area contributed by atoms with E-state index in [1.165, 1.54) is 0 Å². The Morgan fingerprint density at radius 3 is 3.12 bits per heavy atom. The number of anilines is 1. The van der Waals surface area contributed by atoms with Crippen molar-refractivity contribution >= 4 is 16.5 Å². The molecular formula is C11H13N4S. The molecule has 0 atom stereocenters. The van der Waals surface area contributed by atoms with E-state index >= 15 is 0 Å². The van der Waals surface area contributed by atoms with Gasteiger partial charge >= 0.3 is 0 Å². The van der Waals surface area contributed by atoms with Gasteiger partial charge in [-0.2, -0.15) is 0 Å². The van der Waals surface area contributed by atoms with Gasteiger partial charge in [0.1, 0.15) is 0 Å². The van der Waals surface area contributed by atoms with Crippen molar-refractivity contribution in [1.82, 2.24) is 9.97 Å². The predicted molar refractivity (Wildman–Crippen MR) is 66.3 cm³/mol. The normalized spacial score (nSPS) is 10.3. The summed E-state index contributed by atoms with van der Waals surface area (Å²) < 4.78 is 0. The lowest BCUT2D eigenvalue weighted by molar-refractivity contribution is 0.873. The van der Waals surface area contributed by atoms with E-state index in [2.05, 4.69) is 21.4 Å². The van der Waals surface area contributed by atoms with Crippen LogP contribution in [0, 0.1) is 6.07 Å². The highest BCUT2D eigenvalue weighted by atomic mass is 32.1. The summed E-state index contributed by atoms with van der Waals surface area (Å²) in [5.74, 6) is 0. The van der Waals surface area contributed by atoms with Crippen LogP contribution >= 0.6 is 11.3 Å². The lowest BCUT2D eigenvalue weighted by atomic mass is 10.3. The summed E-state index contributed by atoms with van der Waals surface area (Å²) in [6.45, 7) is 1.55. The standard InChI is InChI=1S/C11H13N4S/c12-5-3-7-14-11-15-8-10(16-11)9-4-1-2-6-13-9/h2,4,6,8H,3,5,7,12H2,(H,14,15). The average Bonchev–Trinajstić information content (AvgIpc) is 2.79.